The molecule has 0 aromatic heterocycles. The van der Waals surface area contributed by atoms with Gasteiger partial charge in [0.05, 0.1) is 17.0 Å². The SMILES string of the molecule is Cc1ccc(CN(C(=O)CN(c2ccc(Cl)cc2Cl)S(C)(=O)=O)[C@@H](Cc2ccccc2)C(=O)NCC(C)C)cc1. The van der Waals surface area contributed by atoms with Gasteiger partial charge in [0.15, 0.2) is 0 Å². The molecule has 7 nitrogen and oxygen atoms in total. The molecule has 0 saturated carbocycles. The Bertz CT molecular complexity index is 1410. The first-order valence-corrected chi connectivity index (χ1v) is 15.5. The van der Waals surface area contributed by atoms with Crippen molar-refractivity contribution in [2.45, 2.75) is 39.8 Å². The number of benzene rings is 3. The number of carbonyl (C=O) groups is 2. The monoisotopic (exact) mass is 603 g/mol. The molecule has 214 valence electrons. The Morgan fingerprint density at radius 1 is 0.925 bits per heavy atom. The number of hydrogen-bond acceptors (Lipinski definition) is 4. The fourth-order valence-electron chi connectivity index (χ4n) is 4.14. The van der Waals surface area contributed by atoms with Gasteiger partial charge in [-0.05, 0) is 42.2 Å². The molecule has 0 aliphatic heterocycles. The summed E-state index contributed by atoms with van der Waals surface area (Å²) < 4.78 is 26.7. The Morgan fingerprint density at radius 2 is 1.57 bits per heavy atom. The number of hydrogen-bond donors (Lipinski definition) is 1. The highest BCUT2D eigenvalue weighted by Gasteiger charge is 2.33. The molecule has 0 saturated heterocycles. The Hall–Kier alpha value is -3.07. The summed E-state index contributed by atoms with van der Waals surface area (Å²) in [4.78, 5) is 29.1. The zero-order chi connectivity index (χ0) is 29.4. The summed E-state index contributed by atoms with van der Waals surface area (Å²) in [6.45, 7) is 5.94. The third kappa shape index (κ3) is 8.98. The highest BCUT2D eigenvalue weighted by Crippen LogP contribution is 2.30. The summed E-state index contributed by atoms with van der Waals surface area (Å²) in [5, 5.41) is 3.38. The van der Waals surface area contributed by atoms with Crippen molar-refractivity contribution in [3.63, 3.8) is 0 Å². The third-order valence-electron chi connectivity index (χ3n) is 6.29. The first-order valence-electron chi connectivity index (χ1n) is 12.9. The molecule has 1 N–H and O–H groups in total. The van der Waals surface area contributed by atoms with E-state index in [9.17, 15) is 18.0 Å². The van der Waals surface area contributed by atoms with Gasteiger partial charge < -0.3 is 10.2 Å². The van der Waals surface area contributed by atoms with Gasteiger partial charge in [-0.25, -0.2) is 8.42 Å². The Kier molecular flexibility index (Phi) is 11.0. The van der Waals surface area contributed by atoms with Crippen LogP contribution < -0.4 is 9.62 Å². The van der Waals surface area contributed by atoms with Crippen LogP contribution in [0, 0.1) is 12.8 Å². The molecule has 0 spiro atoms. The van der Waals surface area contributed by atoms with E-state index in [0.717, 1.165) is 27.3 Å². The van der Waals surface area contributed by atoms with Gasteiger partial charge in [-0.15, -0.1) is 0 Å². The van der Waals surface area contributed by atoms with E-state index in [1.807, 2.05) is 75.4 Å². The average Bonchev–Trinajstić information content (AvgIpc) is 2.89. The van der Waals surface area contributed by atoms with Gasteiger partial charge in [0, 0.05) is 24.5 Å². The van der Waals surface area contributed by atoms with Gasteiger partial charge in [-0.1, -0.05) is 97.2 Å². The predicted octanol–water partition coefficient (Wildman–Crippen LogP) is 5.48. The molecule has 3 aromatic carbocycles. The second-order valence-corrected chi connectivity index (χ2v) is 13.0. The third-order valence-corrected chi connectivity index (χ3v) is 7.95. The Morgan fingerprint density at radius 3 is 2.15 bits per heavy atom. The van der Waals surface area contributed by atoms with Crippen LogP contribution in [-0.4, -0.2) is 50.5 Å². The average molecular weight is 605 g/mol. The van der Waals surface area contributed by atoms with Crippen molar-refractivity contribution in [3.8, 4) is 0 Å². The number of nitrogens with zero attached hydrogens (tertiary/aromatic N) is 2. The minimum Gasteiger partial charge on any atom is -0.354 e. The Labute approximate surface area is 247 Å². The largest absolute Gasteiger partial charge is 0.354 e. The van der Waals surface area contributed by atoms with Crippen LogP contribution in [0.25, 0.3) is 0 Å². The summed E-state index contributed by atoms with van der Waals surface area (Å²) >= 11 is 12.4. The second kappa shape index (κ2) is 14.0. The number of sulfonamides is 1. The maximum absolute atomic E-state index is 14.1. The molecule has 2 amide bonds. The lowest BCUT2D eigenvalue weighted by Crippen LogP contribution is -2.53. The van der Waals surface area contributed by atoms with Crippen LogP contribution in [0.1, 0.15) is 30.5 Å². The van der Waals surface area contributed by atoms with Crippen molar-refractivity contribution in [1.82, 2.24) is 10.2 Å². The predicted molar refractivity (Wildman–Crippen MR) is 162 cm³/mol. The molecule has 0 heterocycles. The fraction of sp³-hybridized carbons (Fsp3) is 0.333. The number of amides is 2. The fourth-order valence-corrected chi connectivity index (χ4v) is 5.57. The van der Waals surface area contributed by atoms with Crippen LogP contribution in [0.4, 0.5) is 5.69 Å². The zero-order valence-corrected chi connectivity index (χ0v) is 25.4. The van der Waals surface area contributed by atoms with Crippen LogP contribution in [0.5, 0.6) is 0 Å². The second-order valence-electron chi connectivity index (χ2n) is 10.2. The lowest BCUT2D eigenvalue weighted by Gasteiger charge is -2.34. The van der Waals surface area contributed by atoms with Crippen LogP contribution in [0.15, 0.2) is 72.8 Å². The number of carbonyl (C=O) groups excluding carboxylic acids is 2. The highest BCUT2D eigenvalue weighted by atomic mass is 35.5. The maximum Gasteiger partial charge on any atom is 0.244 e. The number of rotatable bonds is 12. The minimum atomic E-state index is -3.93. The van der Waals surface area contributed by atoms with E-state index in [0.29, 0.717) is 11.6 Å². The molecule has 3 rings (SSSR count). The first kappa shape index (κ1) is 31.5. The molecule has 0 aliphatic rings. The molecule has 0 radical (unpaired) electrons. The molecule has 0 fully saturated rings. The summed E-state index contributed by atoms with van der Waals surface area (Å²) in [5.74, 6) is -0.651. The van der Waals surface area contributed by atoms with Gasteiger partial charge in [-0.2, -0.15) is 0 Å². The summed E-state index contributed by atoms with van der Waals surface area (Å²) in [6, 6.07) is 20.6. The molecule has 0 bridgehead atoms. The number of nitrogens with one attached hydrogen (secondary N) is 1. The normalized spacial score (nSPS) is 12.2. The summed E-state index contributed by atoms with van der Waals surface area (Å²) in [6.07, 6.45) is 1.26. The number of aryl methyl sites for hydroxylation is 1. The van der Waals surface area contributed by atoms with Crippen molar-refractivity contribution in [3.05, 3.63) is 99.5 Å². The zero-order valence-electron chi connectivity index (χ0n) is 23.1. The van der Waals surface area contributed by atoms with Gasteiger partial charge in [0.25, 0.3) is 0 Å². The topological polar surface area (TPSA) is 86.8 Å². The molecule has 10 heteroatoms. The summed E-state index contributed by atoms with van der Waals surface area (Å²) in [5.41, 5.74) is 2.86. The molecule has 0 aliphatic carbocycles. The van der Waals surface area contributed by atoms with Crippen molar-refractivity contribution in [1.29, 1.82) is 0 Å². The first-order chi connectivity index (χ1) is 18.8. The quantitative estimate of drug-likeness (QED) is 0.297. The van der Waals surface area contributed by atoms with Crippen LogP contribution in [0.3, 0.4) is 0 Å². The molecule has 0 unspecified atom stereocenters. The van der Waals surface area contributed by atoms with E-state index in [2.05, 4.69) is 5.32 Å². The van der Waals surface area contributed by atoms with E-state index < -0.39 is 28.5 Å². The lowest BCUT2D eigenvalue weighted by atomic mass is 10.0. The maximum atomic E-state index is 14.1. The van der Waals surface area contributed by atoms with E-state index in [4.69, 9.17) is 23.2 Å². The Balaban J connectivity index is 2.06. The van der Waals surface area contributed by atoms with E-state index in [1.54, 1.807) is 0 Å². The number of halogens is 2. The minimum absolute atomic E-state index is 0.0892. The summed E-state index contributed by atoms with van der Waals surface area (Å²) in [7, 11) is -3.93. The highest BCUT2D eigenvalue weighted by molar-refractivity contribution is 7.92. The van der Waals surface area contributed by atoms with Gasteiger partial charge >= 0.3 is 0 Å². The van der Waals surface area contributed by atoms with Crippen molar-refractivity contribution >= 4 is 50.7 Å². The van der Waals surface area contributed by atoms with Crippen LogP contribution in [-0.2, 0) is 32.6 Å². The van der Waals surface area contributed by atoms with Crippen LogP contribution in [0.2, 0.25) is 10.0 Å². The van der Waals surface area contributed by atoms with Gasteiger partial charge in [0.1, 0.15) is 12.6 Å². The molecular formula is C30H35Cl2N3O4S. The van der Waals surface area contributed by atoms with Crippen molar-refractivity contribution < 1.29 is 18.0 Å². The van der Waals surface area contributed by atoms with Gasteiger partial charge in [0.2, 0.25) is 21.8 Å². The van der Waals surface area contributed by atoms with Gasteiger partial charge in [-0.3, -0.25) is 13.9 Å². The standard InChI is InChI=1S/C30H35Cl2N3O4S/c1-21(2)18-33-30(37)28(16-23-8-6-5-7-9-23)34(19-24-12-10-22(3)11-13-24)29(36)20-35(40(4,38)39)27-15-14-25(31)17-26(27)32/h5-15,17,21,28H,16,18-20H2,1-4H3,(H,33,37)/t28-/m0/s1. The molecule has 3 aromatic rings. The van der Waals surface area contributed by atoms with E-state index in [-0.39, 0.29) is 35.5 Å². The number of anilines is 1. The smallest absolute Gasteiger partial charge is 0.244 e. The van der Waals surface area contributed by atoms with Crippen molar-refractivity contribution in [2.24, 2.45) is 5.92 Å². The van der Waals surface area contributed by atoms with Crippen molar-refractivity contribution in [2.75, 3.05) is 23.7 Å². The van der Waals surface area contributed by atoms with E-state index >= 15 is 0 Å². The molecule has 40 heavy (non-hydrogen) atoms. The lowest BCUT2D eigenvalue weighted by molar-refractivity contribution is -0.140. The van der Waals surface area contributed by atoms with Crippen LogP contribution >= 0.6 is 23.2 Å². The van der Waals surface area contributed by atoms with E-state index in [1.165, 1.54) is 23.1 Å². The molecule has 1 atom stereocenters. The molecular weight excluding hydrogens is 569 g/mol.